The van der Waals surface area contributed by atoms with Crippen molar-refractivity contribution in [3.05, 3.63) is 24.1 Å². The first-order valence-electron chi connectivity index (χ1n) is 5.23. The molecule has 2 N–H and O–H groups in total. The van der Waals surface area contributed by atoms with E-state index in [4.69, 9.17) is 19.7 Å². The van der Waals surface area contributed by atoms with Crippen LogP contribution in [0.2, 0.25) is 0 Å². The SMILES string of the molecule is CC(N)c1nc(-c2ccc3c(c2)OCO3)no1. The van der Waals surface area contributed by atoms with Crippen LogP contribution >= 0.6 is 0 Å². The second-order valence-electron chi connectivity index (χ2n) is 3.81. The maximum absolute atomic E-state index is 5.65. The van der Waals surface area contributed by atoms with Gasteiger partial charge in [0, 0.05) is 5.56 Å². The monoisotopic (exact) mass is 233 g/mol. The van der Waals surface area contributed by atoms with Gasteiger partial charge in [0.15, 0.2) is 11.5 Å². The predicted molar refractivity (Wildman–Crippen MR) is 58.5 cm³/mol. The summed E-state index contributed by atoms with van der Waals surface area (Å²) in [5.74, 6) is 2.33. The first kappa shape index (κ1) is 10.1. The lowest BCUT2D eigenvalue weighted by atomic mass is 10.2. The molecule has 3 rings (SSSR count). The summed E-state index contributed by atoms with van der Waals surface area (Å²) in [6.07, 6.45) is 0. The largest absolute Gasteiger partial charge is 0.454 e. The standard InChI is InChI=1S/C11H11N3O3/c1-6(12)11-13-10(14-17-11)7-2-3-8-9(4-7)16-5-15-8/h2-4,6H,5,12H2,1H3. The summed E-state index contributed by atoms with van der Waals surface area (Å²) in [6.45, 7) is 2.03. The molecule has 0 saturated carbocycles. The van der Waals surface area contributed by atoms with Crippen LogP contribution < -0.4 is 15.2 Å². The van der Waals surface area contributed by atoms with Crippen molar-refractivity contribution in [2.24, 2.45) is 5.73 Å². The van der Waals surface area contributed by atoms with E-state index in [2.05, 4.69) is 10.1 Å². The third-order valence-corrected chi connectivity index (χ3v) is 2.46. The second kappa shape index (κ2) is 3.74. The first-order chi connectivity index (χ1) is 8.24. The van der Waals surface area contributed by atoms with E-state index in [0.29, 0.717) is 17.5 Å². The van der Waals surface area contributed by atoms with Crippen LogP contribution in [0.25, 0.3) is 11.4 Å². The molecule has 1 unspecified atom stereocenters. The lowest BCUT2D eigenvalue weighted by Crippen LogP contribution is -2.04. The van der Waals surface area contributed by atoms with Crippen LogP contribution in [0.4, 0.5) is 0 Å². The van der Waals surface area contributed by atoms with Crippen molar-refractivity contribution in [2.75, 3.05) is 6.79 Å². The third kappa shape index (κ3) is 1.72. The summed E-state index contributed by atoms with van der Waals surface area (Å²) < 4.78 is 15.5. The Bertz CT molecular complexity index is 551. The van der Waals surface area contributed by atoms with Crippen LogP contribution in [0.5, 0.6) is 11.5 Å². The Kier molecular flexibility index (Phi) is 2.22. The fraction of sp³-hybridized carbons (Fsp3) is 0.273. The van der Waals surface area contributed by atoms with E-state index in [1.807, 2.05) is 18.2 Å². The molecule has 88 valence electrons. The molecule has 0 amide bonds. The Labute approximate surface area is 97.3 Å². The number of benzene rings is 1. The molecule has 1 aromatic carbocycles. The van der Waals surface area contributed by atoms with Crippen LogP contribution in [-0.2, 0) is 0 Å². The van der Waals surface area contributed by atoms with Crippen molar-refractivity contribution in [3.63, 3.8) is 0 Å². The van der Waals surface area contributed by atoms with Gasteiger partial charge in [0.2, 0.25) is 18.5 Å². The topological polar surface area (TPSA) is 83.4 Å². The van der Waals surface area contributed by atoms with Gasteiger partial charge in [-0.05, 0) is 25.1 Å². The molecular formula is C11H11N3O3. The fourth-order valence-electron chi connectivity index (χ4n) is 1.57. The number of ether oxygens (including phenoxy) is 2. The van der Waals surface area contributed by atoms with E-state index in [0.717, 1.165) is 11.3 Å². The second-order valence-corrected chi connectivity index (χ2v) is 3.81. The Morgan fingerprint density at radius 3 is 2.88 bits per heavy atom. The minimum atomic E-state index is -0.273. The van der Waals surface area contributed by atoms with E-state index in [1.165, 1.54) is 0 Å². The minimum absolute atomic E-state index is 0.246. The molecule has 0 fully saturated rings. The highest BCUT2D eigenvalue weighted by Gasteiger charge is 2.17. The summed E-state index contributed by atoms with van der Waals surface area (Å²) in [7, 11) is 0. The molecule has 1 aliphatic rings. The fourth-order valence-corrected chi connectivity index (χ4v) is 1.57. The van der Waals surface area contributed by atoms with Crippen molar-refractivity contribution in [2.45, 2.75) is 13.0 Å². The van der Waals surface area contributed by atoms with Crippen LogP contribution in [0, 0.1) is 0 Å². The minimum Gasteiger partial charge on any atom is -0.454 e. The smallest absolute Gasteiger partial charge is 0.243 e. The molecule has 2 heterocycles. The molecule has 6 heteroatoms. The first-order valence-corrected chi connectivity index (χ1v) is 5.23. The lowest BCUT2D eigenvalue weighted by Gasteiger charge is -1.97. The zero-order valence-electron chi connectivity index (χ0n) is 9.21. The van der Waals surface area contributed by atoms with Gasteiger partial charge < -0.3 is 19.7 Å². The van der Waals surface area contributed by atoms with Gasteiger partial charge in [0.25, 0.3) is 0 Å². The maximum atomic E-state index is 5.65. The molecular weight excluding hydrogens is 222 g/mol. The molecule has 0 aliphatic carbocycles. The number of hydrogen-bond donors (Lipinski definition) is 1. The maximum Gasteiger partial charge on any atom is 0.243 e. The Balaban J connectivity index is 1.97. The van der Waals surface area contributed by atoms with Gasteiger partial charge in [-0.2, -0.15) is 4.98 Å². The van der Waals surface area contributed by atoms with Gasteiger partial charge in [-0.25, -0.2) is 0 Å². The zero-order chi connectivity index (χ0) is 11.8. The molecule has 0 radical (unpaired) electrons. The van der Waals surface area contributed by atoms with Crippen LogP contribution in [0.1, 0.15) is 18.9 Å². The molecule has 1 aromatic heterocycles. The molecule has 6 nitrogen and oxygen atoms in total. The Morgan fingerprint density at radius 1 is 1.29 bits per heavy atom. The van der Waals surface area contributed by atoms with E-state index < -0.39 is 0 Å². The van der Waals surface area contributed by atoms with Crippen molar-refractivity contribution in [1.29, 1.82) is 0 Å². The van der Waals surface area contributed by atoms with Crippen molar-refractivity contribution in [3.8, 4) is 22.9 Å². The van der Waals surface area contributed by atoms with Gasteiger partial charge in [-0.3, -0.25) is 0 Å². The number of hydrogen-bond acceptors (Lipinski definition) is 6. The highest BCUT2D eigenvalue weighted by atomic mass is 16.7. The summed E-state index contributed by atoms with van der Waals surface area (Å²) in [5, 5.41) is 3.87. The number of nitrogens with zero attached hydrogens (tertiary/aromatic N) is 2. The summed E-state index contributed by atoms with van der Waals surface area (Å²) >= 11 is 0. The quantitative estimate of drug-likeness (QED) is 0.845. The van der Waals surface area contributed by atoms with Crippen molar-refractivity contribution in [1.82, 2.24) is 10.1 Å². The van der Waals surface area contributed by atoms with E-state index in [1.54, 1.807) is 6.92 Å². The van der Waals surface area contributed by atoms with Gasteiger partial charge in [-0.1, -0.05) is 5.16 Å². The van der Waals surface area contributed by atoms with E-state index in [-0.39, 0.29) is 12.8 Å². The van der Waals surface area contributed by atoms with Crippen molar-refractivity contribution < 1.29 is 14.0 Å². The molecule has 2 aromatic rings. The van der Waals surface area contributed by atoms with Gasteiger partial charge in [0.05, 0.1) is 6.04 Å². The van der Waals surface area contributed by atoms with Crippen LogP contribution in [0.3, 0.4) is 0 Å². The van der Waals surface area contributed by atoms with E-state index >= 15 is 0 Å². The normalized spacial score (nSPS) is 14.9. The van der Waals surface area contributed by atoms with E-state index in [9.17, 15) is 0 Å². The van der Waals surface area contributed by atoms with Crippen LogP contribution in [-0.4, -0.2) is 16.9 Å². The van der Waals surface area contributed by atoms with Crippen molar-refractivity contribution >= 4 is 0 Å². The zero-order valence-corrected chi connectivity index (χ0v) is 9.21. The molecule has 0 spiro atoms. The highest BCUT2D eigenvalue weighted by Crippen LogP contribution is 2.35. The number of rotatable bonds is 2. The van der Waals surface area contributed by atoms with Crippen LogP contribution in [0.15, 0.2) is 22.7 Å². The summed E-state index contributed by atoms with van der Waals surface area (Å²) in [6, 6.07) is 5.21. The average Bonchev–Trinajstić information content (AvgIpc) is 2.97. The molecule has 1 atom stereocenters. The molecule has 1 aliphatic heterocycles. The number of nitrogens with two attached hydrogens (primary N) is 1. The summed E-state index contributed by atoms with van der Waals surface area (Å²) in [4.78, 5) is 4.21. The molecule has 0 saturated heterocycles. The molecule has 0 bridgehead atoms. The summed E-state index contributed by atoms with van der Waals surface area (Å²) in [5.41, 5.74) is 6.46. The third-order valence-electron chi connectivity index (χ3n) is 2.46. The highest BCUT2D eigenvalue weighted by molar-refractivity contribution is 5.61. The predicted octanol–water partition coefficient (Wildman–Crippen LogP) is 1.49. The lowest BCUT2D eigenvalue weighted by molar-refractivity contribution is 0.174. The van der Waals surface area contributed by atoms with Gasteiger partial charge in [-0.15, -0.1) is 0 Å². The average molecular weight is 233 g/mol. The Hall–Kier alpha value is -2.08. The van der Waals surface area contributed by atoms with Gasteiger partial charge >= 0.3 is 0 Å². The number of aromatic nitrogens is 2. The van der Waals surface area contributed by atoms with Gasteiger partial charge in [0.1, 0.15) is 0 Å². The Morgan fingerprint density at radius 2 is 2.12 bits per heavy atom. The molecule has 17 heavy (non-hydrogen) atoms. The number of fused-ring (bicyclic) bond motifs is 1.